The zero-order chi connectivity index (χ0) is 17.8. The maximum atomic E-state index is 12.4. The van der Waals surface area contributed by atoms with Gasteiger partial charge >= 0.3 is 5.97 Å². The Bertz CT molecular complexity index is 971. The van der Waals surface area contributed by atoms with E-state index in [0.29, 0.717) is 15.2 Å². The number of rotatable bonds is 5. The number of fused-ring (bicyclic) bond motifs is 1. The van der Waals surface area contributed by atoms with E-state index in [1.165, 1.54) is 29.8 Å². The van der Waals surface area contributed by atoms with Gasteiger partial charge in [-0.1, -0.05) is 17.4 Å². The number of aromatic nitrogens is 1. The summed E-state index contributed by atoms with van der Waals surface area (Å²) in [6.45, 7) is 0.745. The predicted octanol–water partition coefficient (Wildman–Crippen LogP) is 3.66. The summed E-state index contributed by atoms with van der Waals surface area (Å²) < 4.78 is 7.72. The number of hydrogen-bond acceptors (Lipinski definition) is 6. The third kappa shape index (κ3) is 3.86. The van der Waals surface area contributed by atoms with Crippen molar-refractivity contribution < 1.29 is 14.3 Å². The third-order valence-corrected chi connectivity index (χ3v) is 6.04. The molecule has 25 heavy (non-hydrogen) atoms. The molecule has 1 aromatic carbocycles. The first-order valence-corrected chi connectivity index (χ1v) is 10.6. The second-order valence-corrected chi connectivity index (χ2v) is 8.04. The number of aryl methyl sites for hydroxylation is 1. The van der Waals surface area contributed by atoms with Gasteiger partial charge in [0.15, 0.2) is 4.80 Å². The first-order chi connectivity index (χ1) is 12.1. The van der Waals surface area contributed by atoms with Crippen molar-refractivity contribution >= 4 is 56.5 Å². The molecule has 0 N–H and O–H groups in total. The number of carbonyl (C=O) groups is 2. The van der Waals surface area contributed by atoms with E-state index in [4.69, 9.17) is 4.74 Å². The summed E-state index contributed by atoms with van der Waals surface area (Å²) in [5.41, 5.74) is 1.45. The van der Waals surface area contributed by atoms with Crippen molar-refractivity contribution in [2.45, 2.75) is 6.54 Å². The number of esters is 1. The minimum absolute atomic E-state index is 0.243. The summed E-state index contributed by atoms with van der Waals surface area (Å²) >= 11 is 4.51. The number of thioether (sulfide) groups is 1. The fourth-order valence-corrected chi connectivity index (χ4v) is 4.41. The molecule has 3 rings (SSSR count). The molecule has 0 aliphatic rings. The number of benzene rings is 1. The summed E-state index contributed by atoms with van der Waals surface area (Å²) in [6.07, 6.45) is 2.04. The van der Waals surface area contributed by atoms with Gasteiger partial charge in [0.1, 0.15) is 0 Å². The van der Waals surface area contributed by atoms with Gasteiger partial charge in [0.25, 0.3) is 5.91 Å². The Kier molecular flexibility index (Phi) is 5.72. The van der Waals surface area contributed by atoms with Crippen LogP contribution < -0.4 is 4.80 Å². The predicted molar refractivity (Wildman–Crippen MR) is 104 cm³/mol. The van der Waals surface area contributed by atoms with Gasteiger partial charge in [0.2, 0.25) is 0 Å². The first kappa shape index (κ1) is 17.9. The number of hydrogen-bond donors (Lipinski definition) is 0. The van der Waals surface area contributed by atoms with Crippen LogP contribution in [0.25, 0.3) is 10.2 Å². The molecule has 1 amide bonds. The largest absolute Gasteiger partial charge is 0.465 e. The molecule has 0 aliphatic carbocycles. The van der Waals surface area contributed by atoms with Gasteiger partial charge in [-0.3, -0.25) is 4.79 Å². The molecule has 0 bridgehead atoms. The number of thiophene rings is 1. The van der Waals surface area contributed by atoms with Crippen LogP contribution in [-0.2, 0) is 11.3 Å². The fraction of sp³-hybridized carbons (Fsp3) is 0.235. The van der Waals surface area contributed by atoms with Gasteiger partial charge in [0.05, 0.1) is 27.8 Å². The lowest BCUT2D eigenvalue weighted by Crippen LogP contribution is -2.18. The Labute approximate surface area is 157 Å². The zero-order valence-electron chi connectivity index (χ0n) is 13.7. The van der Waals surface area contributed by atoms with Crippen molar-refractivity contribution in [3.05, 3.63) is 51.0 Å². The van der Waals surface area contributed by atoms with Gasteiger partial charge in [-0.15, -0.1) is 11.3 Å². The number of methoxy groups -OCH3 is 1. The smallest absolute Gasteiger partial charge is 0.337 e. The number of nitrogens with zero attached hydrogens (tertiary/aromatic N) is 2. The molecule has 0 aliphatic heterocycles. The normalized spacial score (nSPS) is 11.8. The Balaban J connectivity index is 2.12. The highest BCUT2D eigenvalue weighted by molar-refractivity contribution is 7.98. The van der Waals surface area contributed by atoms with Crippen LogP contribution in [-0.4, -0.2) is 35.6 Å². The van der Waals surface area contributed by atoms with Crippen LogP contribution in [0, 0.1) is 0 Å². The molecule has 3 aromatic rings. The first-order valence-electron chi connectivity index (χ1n) is 7.47. The molecule has 0 radical (unpaired) electrons. The van der Waals surface area contributed by atoms with Gasteiger partial charge in [-0.2, -0.15) is 16.8 Å². The molecule has 0 unspecified atom stereocenters. The molecular formula is C17H16N2O3S3. The Morgan fingerprint density at radius 1 is 1.32 bits per heavy atom. The topological polar surface area (TPSA) is 60.7 Å². The minimum atomic E-state index is -0.376. The molecule has 0 saturated carbocycles. The number of thiazole rings is 1. The van der Waals surface area contributed by atoms with Crippen LogP contribution in [0.2, 0.25) is 0 Å². The number of carbonyl (C=O) groups excluding carboxylic acids is 2. The average molecular weight is 393 g/mol. The fourth-order valence-electron chi connectivity index (χ4n) is 2.34. The highest BCUT2D eigenvalue weighted by Crippen LogP contribution is 2.20. The highest BCUT2D eigenvalue weighted by atomic mass is 32.2. The van der Waals surface area contributed by atoms with Crippen LogP contribution in [0.4, 0.5) is 0 Å². The molecular weight excluding hydrogens is 376 g/mol. The van der Waals surface area contributed by atoms with E-state index < -0.39 is 0 Å². The van der Waals surface area contributed by atoms with E-state index in [1.807, 2.05) is 28.3 Å². The lowest BCUT2D eigenvalue weighted by molar-refractivity contribution is 0.0601. The van der Waals surface area contributed by atoms with Gasteiger partial charge in [-0.05, 0) is 35.9 Å². The third-order valence-electron chi connectivity index (χ3n) is 3.55. The van der Waals surface area contributed by atoms with Gasteiger partial charge < -0.3 is 9.30 Å². The van der Waals surface area contributed by atoms with Crippen LogP contribution in [0.5, 0.6) is 0 Å². The number of ether oxygens (including phenoxy) is 1. The molecule has 0 atom stereocenters. The molecule has 0 spiro atoms. The maximum Gasteiger partial charge on any atom is 0.337 e. The van der Waals surface area contributed by atoms with Gasteiger partial charge in [-0.25, -0.2) is 4.79 Å². The van der Waals surface area contributed by atoms with E-state index in [-0.39, 0.29) is 11.9 Å². The van der Waals surface area contributed by atoms with Crippen LogP contribution in [0.15, 0.2) is 40.7 Å². The quantitative estimate of drug-likeness (QED) is 0.622. The second kappa shape index (κ2) is 7.99. The van der Waals surface area contributed by atoms with Crippen LogP contribution >= 0.6 is 34.4 Å². The Morgan fingerprint density at radius 3 is 2.84 bits per heavy atom. The van der Waals surface area contributed by atoms with Gasteiger partial charge in [0, 0.05) is 12.3 Å². The highest BCUT2D eigenvalue weighted by Gasteiger charge is 2.12. The summed E-state index contributed by atoms with van der Waals surface area (Å²) in [5, 5.41) is 1.86. The molecule has 0 saturated heterocycles. The molecule has 5 nitrogen and oxygen atoms in total. The molecule has 0 fully saturated rings. The Morgan fingerprint density at radius 2 is 2.16 bits per heavy atom. The van der Waals surface area contributed by atoms with E-state index >= 15 is 0 Å². The summed E-state index contributed by atoms with van der Waals surface area (Å²) in [6, 6.07) is 9.01. The van der Waals surface area contributed by atoms with E-state index in [9.17, 15) is 9.59 Å². The SMILES string of the molecule is COC(=O)c1ccc2c(c1)sc(=NC(=O)c1cccs1)n2CCSC. The Hall–Kier alpha value is -1.90. The summed E-state index contributed by atoms with van der Waals surface area (Å²) in [7, 11) is 1.36. The summed E-state index contributed by atoms with van der Waals surface area (Å²) in [5.74, 6) is 0.289. The minimum Gasteiger partial charge on any atom is -0.465 e. The van der Waals surface area contributed by atoms with Crippen molar-refractivity contribution in [2.75, 3.05) is 19.1 Å². The zero-order valence-corrected chi connectivity index (χ0v) is 16.2. The molecule has 2 aromatic heterocycles. The van der Waals surface area contributed by atoms with Crippen LogP contribution in [0.1, 0.15) is 20.0 Å². The van der Waals surface area contributed by atoms with Crippen molar-refractivity contribution in [3.8, 4) is 0 Å². The lowest BCUT2D eigenvalue weighted by atomic mass is 10.2. The molecule has 130 valence electrons. The standard InChI is InChI=1S/C17H16N2O3S3/c1-22-16(21)11-5-6-12-14(10-11)25-17(19(12)7-9-23-2)18-15(20)13-4-3-8-24-13/h3-6,8,10H,7,9H2,1-2H3. The van der Waals surface area contributed by atoms with Crippen LogP contribution in [0.3, 0.4) is 0 Å². The maximum absolute atomic E-state index is 12.4. The second-order valence-electron chi connectivity index (χ2n) is 5.10. The monoisotopic (exact) mass is 392 g/mol. The molecule has 2 heterocycles. The lowest BCUT2D eigenvalue weighted by Gasteiger charge is -2.04. The average Bonchev–Trinajstić information content (AvgIpc) is 3.26. The van der Waals surface area contributed by atoms with Crippen molar-refractivity contribution in [3.63, 3.8) is 0 Å². The van der Waals surface area contributed by atoms with Crippen molar-refractivity contribution in [1.82, 2.24) is 4.57 Å². The number of amides is 1. The summed E-state index contributed by atoms with van der Waals surface area (Å²) in [4.78, 5) is 29.7. The van der Waals surface area contributed by atoms with Crippen molar-refractivity contribution in [1.29, 1.82) is 0 Å². The van der Waals surface area contributed by atoms with Crippen molar-refractivity contribution in [2.24, 2.45) is 4.99 Å². The molecule has 8 heteroatoms. The van der Waals surface area contributed by atoms with E-state index in [0.717, 1.165) is 22.5 Å². The van der Waals surface area contributed by atoms with E-state index in [2.05, 4.69) is 4.99 Å². The van der Waals surface area contributed by atoms with E-state index in [1.54, 1.807) is 30.0 Å².